The van der Waals surface area contributed by atoms with E-state index in [1.54, 1.807) is 18.4 Å². The zero-order valence-electron chi connectivity index (χ0n) is 13.7. The van der Waals surface area contributed by atoms with Gasteiger partial charge in [-0.1, -0.05) is 30.3 Å². The van der Waals surface area contributed by atoms with Gasteiger partial charge in [-0.2, -0.15) is 0 Å². The molecule has 0 N–H and O–H groups in total. The highest BCUT2D eigenvalue weighted by Crippen LogP contribution is 2.24. The molecule has 24 heavy (non-hydrogen) atoms. The van der Waals surface area contributed by atoms with E-state index in [2.05, 4.69) is 33.0 Å². The fraction of sp³-hybridized carbons (Fsp3) is 0.389. The Kier molecular flexibility index (Phi) is 6.05. The highest BCUT2D eigenvalue weighted by molar-refractivity contribution is 9.11. The van der Waals surface area contributed by atoms with Gasteiger partial charge in [0.05, 0.1) is 3.79 Å². The van der Waals surface area contributed by atoms with Crippen LogP contribution in [0.3, 0.4) is 0 Å². The lowest BCUT2D eigenvalue weighted by atomic mass is 10.1. The number of carbonyl (C=O) groups is 1. The van der Waals surface area contributed by atoms with Crippen LogP contribution in [0.15, 0.2) is 46.3 Å². The molecule has 1 atom stereocenters. The van der Waals surface area contributed by atoms with Crippen LogP contribution in [0.2, 0.25) is 0 Å². The molecule has 1 fully saturated rings. The molecule has 1 saturated heterocycles. The van der Waals surface area contributed by atoms with Crippen LogP contribution < -0.4 is 0 Å². The Morgan fingerprint density at radius 3 is 2.46 bits per heavy atom. The maximum atomic E-state index is 12.8. The molecular weight excluding hydrogens is 388 g/mol. The van der Waals surface area contributed by atoms with Crippen LogP contribution in [0.25, 0.3) is 0 Å². The third-order valence-electron chi connectivity index (χ3n) is 4.25. The number of hydrogen-bond donors (Lipinski definition) is 0. The number of rotatable bonds is 5. The number of methoxy groups -OCH3 is 1. The van der Waals surface area contributed by atoms with Gasteiger partial charge in [0.2, 0.25) is 0 Å². The quantitative estimate of drug-likeness (QED) is 0.758. The zero-order valence-corrected chi connectivity index (χ0v) is 16.1. The maximum absolute atomic E-state index is 12.8. The van der Waals surface area contributed by atoms with Crippen molar-refractivity contribution in [2.45, 2.75) is 12.6 Å². The van der Waals surface area contributed by atoms with Gasteiger partial charge in [0, 0.05) is 44.7 Å². The molecule has 1 unspecified atom stereocenters. The van der Waals surface area contributed by atoms with Crippen molar-refractivity contribution in [3.8, 4) is 0 Å². The molecule has 1 aromatic carbocycles. The minimum absolute atomic E-state index is 0.0576. The van der Waals surface area contributed by atoms with Crippen molar-refractivity contribution in [1.29, 1.82) is 0 Å². The highest BCUT2D eigenvalue weighted by Gasteiger charge is 2.28. The summed E-state index contributed by atoms with van der Waals surface area (Å²) in [5.74, 6) is 0.0576. The van der Waals surface area contributed by atoms with Crippen molar-refractivity contribution in [3.63, 3.8) is 0 Å². The number of hydrogen-bond acceptors (Lipinski definition) is 4. The van der Waals surface area contributed by atoms with Gasteiger partial charge in [0.15, 0.2) is 6.10 Å². The fourth-order valence-corrected chi connectivity index (χ4v) is 4.48. The molecule has 0 saturated carbocycles. The van der Waals surface area contributed by atoms with Crippen LogP contribution in [-0.2, 0) is 16.1 Å². The SMILES string of the molecule is COC(C(=O)N1CCN(Cc2ccc(Br)s2)CC1)c1ccccc1. The molecule has 3 rings (SSSR count). The van der Waals surface area contributed by atoms with Crippen molar-refractivity contribution < 1.29 is 9.53 Å². The van der Waals surface area contributed by atoms with Crippen LogP contribution in [0.4, 0.5) is 0 Å². The average molecular weight is 409 g/mol. The topological polar surface area (TPSA) is 32.8 Å². The van der Waals surface area contributed by atoms with E-state index in [1.165, 1.54) is 4.88 Å². The molecule has 1 aliphatic heterocycles. The van der Waals surface area contributed by atoms with E-state index in [4.69, 9.17) is 4.74 Å². The van der Waals surface area contributed by atoms with Gasteiger partial charge in [-0.25, -0.2) is 0 Å². The Morgan fingerprint density at radius 2 is 1.88 bits per heavy atom. The number of piperazine rings is 1. The second-order valence-corrected chi connectivity index (χ2v) is 8.38. The van der Waals surface area contributed by atoms with Crippen LogP contribution in [-0.4, -0.2) is 49.0 Å². The number of halogens is 1. The predicted octanol–water partition coefficient (Wildman–Crippen LogP) is 3.54. The lowest BCUT2D eigenvalue weighted by molar-refractivity contribution is -0.144. The maximum Gasteiger partial charge on any atom is 0.256 e. The second kappa shape index (κ2) is 8.25. The first kappa shape index (κ1) is 17.6. The van der Waals surface area contributed by atoms with E-state index in [-0.39, 0.29) is 5.91 Å². The fourth-order valence-electron chi connectivity index (χ4n) is 2.96. The van der Waals surface area contributed by atoms with E-state index >= 15 is 0 Å². The Hall–Kier alpha value is -1.21. The molecule has 1 amide bonds. The molecule has 128 valence electrons. The number of amides is 1. The first-order chi connectivity index (χ1) is 11.7. The standard InChI is InChI=1S/C18H21BrN2O2S/c1-23-17(14-5-3-2-4-6-14)18(22)21-11-9-20(10-12-21)13-15-7-8-16(19)24-15/h2-8,17H,9-13H2,1H3. The summed E-state index contributed by atoms with van der Waals surface area (Å²) >= 11 is 5.27. The third-order valence-corrected chi connectivity index (χ3v) is 5.86. The second-order valence-electron chi connectivity index (χ2n) is 5.83. The van der Waals surface area contributed by atoms with Gasteiger partial charge < -0.3 is 9.64 Å². The van der Waals surface area contributed by atoms with E-state index in [0.29, 0.717) is 0 Å². The minimum Gasteiger partial charge on any atom is -0.367 e. The number of ether oxygens (including phenoxy) is 1. The first-order valence-corrected chi connectivity index (χ1v) is 9.61. The van der Waals surface area contributed by atoms with Crippen molar-refractivity contribution in [3.05, 3.63) is 56.7 Å². The van der Waals surface area contributed by atoms with E-state index in [1.807, 2.05) is 35.2 Å². The summed E-state index contributed by atoms with van der Waals surface area (Å²) in [6, 6.07) is 13.9. The lowest BCUT2D eigenvalue weighted by Gasteiger charge is -2.36. The van der Waals surface area contributed by atoms with Gasteiger partial charge in [0.25, 0.3) is 5.91 Å². The van der Waals surface area contributed by atoms with Gasteiger partial charge >= 0.3 is 0 Å². The van der Waals surface area contributed by atoms with Crippen molar-refractivity contribution in [2.24, 2.45) is 0 Å². The summed E-state index contributed by atoms with van der Waals surface area (Å²) < 4.78 is 6.63. The molecule has 4 nitrogen and oxygen atoms in total. The molecule has 6 heteroatoms. The van der Waals surface area contributed by atoms with Crippen molar-refractivity contribution in [1.82, 2.24) is 9.80 Å². The van der Waals surface area contributed by atoms with Crippen LogP contribution in [0, 0.1) is 0 Å². The lowest BCUT2D eigenvalue weighted by Crippen LogP contribution is -2.49. The molecule has 1 aromatic heterocycles. The monoisotopic (exact) mass is 408 g/mol. The summed E-state index contributed by atoms with van der Waals surface area (Å²) in [6.45, 7) is 4.24. The molecule has 2 aromatic rings. The van der Waals surface area contributed by atoms with Crippen molar-refractivity contribution in [2.75, 3.05) is 33.3 Å². The summed E-state index contributed by atoms with van der Waals surface area (Å²) in [4.78, 5) is 18.4. The summed E-state index contributed by atoms with van der Waals surface area (Å²) in [5, 5.41) is 0. The Balaban J connectivity index is 1.56. The smallest absolute Gasteiger partial charge is 0.256 e. The average Bonchev–Trinajstić information content (AvgIpc) is 3.02. The molecule has 0 bridgehead atoms. The van der Waals surface area contributed by atoms with Gasteiger partial charge in [-0.3, -0.25) is 9.69 Å². The predicted molar refractivity (Wildman–Crippen MR) is 100 cm³/mol. The minimum atomic E-state index is -0.508. The molecule has 2 heterocycles. The first-order valence-electron chi connectivity index (χ1n) is 8.00. The zero-order chi connectivity index (χ0) is 16.9. The van der Waals surface area contributed by atoms with Crippen LogP contribution in [0.1, 0.15) is 16.5 Å². The van der Waals surface area contributed by atoms with Crippen LogP contribution >= 0.6 is 27.3 Å². The van der Waals surface area contributed by atoms with E-state index in [9.17, 15) is 4.79 Å². The summed E-state index contributed by atoms with van der Waals surface area (Å²) in [6.07, 6.45) is -0.508. The summed E-state index contributed by atoms with van der Waals surface area (Å²) in [5.41, 5.74) is 0.913. The number of carbonyl (C=O) groups excluding carboxylic acids is 1. The van der Waals surface area contributed by atoms with Crippen molar-refractivity contribution >= 4 is 33.2 Å². The third kappa shape index (κ3) is 4.25. The van der Waals surface area contributed by atoms with Crippen LogP contribution in [0.5, 0.6) is 0 Å². The molecule has 0 aliphatic carbocycles. The number of benzene rings is 1. The van der Waals surface area contributed by atoms with Gasteiger partial charge in [0.1, 0.15) is 0 Å². The Bertz CT molecular complexity index is 669. The van der Waals surface area contributed by atoms with Gasteiger partial charge in [-0.05, 0) is 33.6 Å². The Morgan fingerprint density at radius 1 is 1.17 bits per heavy atom. The highest BCUT2D eigenvalue weighted by atomic mass is 79.9. The summed E-state index contributed by atoms with van der Waals surface area (Å²) in [7, 11) is 1.60. The normalized spacial score (nSPS) is 17.0. The molecule has 0 radical (unpaired) electrons. The molecule has 1 aliphatic rings. The number of thiophene rings is 1. The van der Waals surface area contributed by atoms with E-state index in [0.717, 1.165) is 42.1 Å². The number of nitrogens with zero attached hydrogens (tertiary/aromatic N) is 2. The molecule has 0 spiro atoms. The largest absolute Gasteiger partial charge is 0.367 e. The molecular formula is C18H21BrN2O2S. The van der Waals surface area contributed by atoms with Gasteiger partial charge in [-0.15, -0.1) is 11.3 Å². The van der Waals surface area contributed by atoms with E-state index < -0.39 is 6.10 Å². The Labute approximate surface area is 155 Å².